The van der Waals surface area contributed by atoms with Gasteiger partial charge in [0.05, 0.1) is 16.2 Å². The lowest BCUT2D eigenvalue weighted by Gasteiger charge is -2.46. The van der Waals surface area contributed by atoms with Crippen LogP contribution in [0.15, 0.2) is 48.7 Å². The minimum atomic E-state index is 0.0231. The van der Waals surface area contributed by atoms with Crippen LogP contribution in [-0.2, 0) is 0 Å². The summed E-state index contributed by atoms with van der Waals surface area (Å²) in [4.78, 5) is 13.0. The van der Waals surface area contributed by atoms with E-state index in [-0.39, 0.29) is 22.6 Å². The lowest BCUT2D eigenvalue weighted by Crippen LogP contribution is -2.57. The number of halogens is 1. The summed E-state index contributed by atoms with van der Waals surface area (Å²) in [7, 11) is 0. The number of aromatic nitrogens is 1. The van der Waals surface area contributed by atoms with Crippen LogP contribution in [0.2, 0.25) is 5.02 Å². The van der Waals surface area contributed by atoms with Crippen LogP contribution in [0.4, 0.5) is 0 Å². The molecule has 1 fully saturated rings. The van der Waals surface area contributed by atoms with Crippen molar-refractivity contribution in [2.24, 2.45) is 5.92 Å². The molecule has 5 heteroatoms. The minimum Gasteiger partial charge on any atom is -0.507 e. The van der Waals surface area contributed by atoms with E-state index in [1.165, 1.54) is 0 Å². The second kappa shape index (κ2) is 7.44. The van der Waals surface area contributed by atoms with E-state index >= 15 is 0 Å². The van der Waals surface area contributed by atoms with Crippen LogP contribution in [0.3, 0.4) is 0 Å². The second-order valence-electron chi connectivity index (χ2n) is 9.86. The summed E-state index contributed by atoms with van der Waals surface area (Å²) in [6, 6.07) is 12.8. The number of hydrogen-bond acceptors (Lipinski definition) is 3. The molecule has 158 valence electrons. The van der Waals surface area contributed by atoms with Crippen molar-refractivity contribution in [2.45, 2.75) is 58.0 Å². The number of carbonyl (C=O) groups excluding carboxylic acids is 1. The molecule has 0 aliphatic carbocycles. The zero-order valence-electron chi connectivity index (χ0n) is 18.0. The summed E-state index contributed by atoms with van der Waals surface area (Å²) in [5.41, 5.74) is 2.36. The quantitative estimate of drug-likeness (QED) is 0.496. The van der Waals surface area contributed by atoms with E-state index in [1.54, 1.807) is 12.1 Å². The molecule has 0 saturated carbocycles. The fourth-order valence-electron chi connectivity index (χ4n) is 5.30. The highest BCUT2D eigenvalue weighted by Gasteiger charge is 2.38. The smallest absolute Gasteiger partial charge is 0.163 e. The summed E-state index contributed by atoms with van der Waals surface area (Å²) in [6.07, 6.45) is 4.37. The molecule has 1 saturated heterocycles. The van der Waals surface area contributed by atoms with Gasteiger partial charge in [-0.05, 0) is 82.9 Å². The molecule has 0 unspecified atom stereocenters. The van der Waals surface area contributed by atoms with Gasteiger partial charge in [0, 0.05) is 34.6 Å². The number of carbonyl (C=O) groups is 1. The number of nitrogens with one attached hydrogen (secondary N) is 1. The first-order valence-corrected chi connectivity index (χ1v) is 10.8. The van der Waals surface area contributed by atoms with Crippen molar-refractivity contribution in [1.29, 1.82) is 0 Å². The Bertz CT molecular complexity index is 1100. The molecule has 2 aromatic carbocycles. The molecular weight excluding hydrogens is 396 g/mol. The molecule has 0 amide bonds. The van der Waals surface area contributed by atoms with E-state index in [4.69, 9.17) is 11.6 Å². The highest BCUT2D eigenvalue weighted by atomic mass is 35.5. The lowest BCUT2D eigenvalue weighted by atomic mass is 9.74. The van der Waals surface area contributed by atoms with E-state index in [9.17, 15) is 9.90 Å². The molecule has 0 bridgehead atoms. The van der Waals surface area contributed by atoms with Crippen LogP contribution in [0.5, 0.6) is 5.75 Å². The number of phenolic OH excluding ortho intramolecular Hbond substituents is 1. The Morgan fingerprint density at radius 2 is 1.83 bits per heavy atom. The topological polar surface area (TPSA) is 54.3 Å². The van der Waals surface area contributed by atoms with Gasteiger partial charge in [-0.2, -0.15) is 0 Å². The van der Waals surface area contributed by atoms with Gasteiger partial charge in [-0.3, -0.25) is 4.79 Å². The zero-order chi connectivity index (χ0) is 21.7. The van der Waals surface area contributed by atoms with Crippen molar-refractivity contribution in [3.63, 3.8) is 0 Å². The molecule has 1 aromatic heterocycles. The molecule has 1 aliphatic heterocycles. The Morgan fingerprint density at radius 1 is 1.13 bits per heavy atom. The molecule has 0 atom stereocenters. The van der Waals surface area contributed by atoms with E-state index in [0.29, 0.717) is 22.9 Å². The van der Waals surface area contributed by atoms with Crippen molar-refractivity contribution in [1.82, 2.24) is 9.88 Å². The number of nitrogens with zero attached hydrogens (tertiary/aromatic N) is 1. The largest absolute Gasteiger partial charge is 0.507 e. The maximum absolute atomic E-state index is 13.0. The van der Waals surface area contributed by atoms with Gasteiger partial charge in [-0.15, -0.1) is 0 Å². The molecule has 2 heterocycles. The van der Waals surface area contributed by atoms with Gasteiger partial charge in [-0.25, -0.2) is 0 Å². The number of ketones is 1. The molecule has 1 aliphatic rings. The molecular formula is C25H29ClN2O2. The average Bonchev–Trinajstić information content (AvgIpc) is 3.04. The first-order chi connectivity index (χ1) is 14.0. The summed E-state index contributed by atoms with van der Waals surface area (Å²) in [5.74, 6) is 0.720. The van der Waals surface area contributed by atoms with Gasteiger partial charge < -0.3 is 15.0 Å². The molecule has 3 aromatic rings. The predicted octanol–water partition coefficient (Wildman–Crippen LogP) is 6.12. The van der Waals surface area contributed by atoms with E-state index in [2.05, 4.69) is 33.0 Å². The number of rotatable bonds is 4. The number of Topliss-reactive ketones (excluding diaryl/α,β-unsaturated/α-hetero) is 1. The summed E-state index contributed by atoms with van der Waals surface area (Å²) >= 11 is 6.59. The number of piperidine rings is 1. The van der Waals surface area contributed by atoms with Crippen molar-refractivity contribution < 1.29 is 9.90 Å². The summed E-state index contributed by atoms with van der Waals surface area (Å²) in [6.45, 7) is 8.82. The lowest BCUT2D eigenvalue weighted by molar-refractivity contribution is 0.0864. The van der Waals surface area contributed by atoms with Gasteiger partial charge in [0.15, 0.2) is 5.78 Å². The monoisotopic (exact) mass is 424 g/mol. The van der Waals surface area contributed by atoms with Crippen molar-refractivity contribution in [3.8, 4) is 11.4 Å². The van der Waals surface area contributed by atoms with E-state index < -0.39 is 0 Å². The molecule has 2 N–H and O–H groups in total. The minimum absolute atomic E-state index is 0.0231. The van der Waals surface area contributed by atoms with Gasteiger partial charge in [-0.1, -0.05) is 17.7 Å². The van der Waals surface area contributed by atoms with E-state index in [1.807, 2.05) is 41.1 Å². The van der Waals surface area contributed by atoms with Crippen molar-refractivity contribution >= 4 is 28.3 Å². The van der Waals surface area contributed by atoms with Gasteiger partial charge >= 0.3 is 0 Å². The van der Waals surface area contributed by atoms with Crippen LogP contribution >= 0.6 is 11.6 Å². The molecule has 0 spiro atoms. The first-order valence-electron chi connectivity index (χ1n) is 10.5. The number of fused-ring (bicyclic) bond motifs is 1. The Kier molecular flexibility index (Phi) is 5.19. The number of benzene rings is 2. The highest BCUT2D eigenvalue weighted by Crippen LogP contribution is 2.36. The predicted molar refractivity (Wildman–Crippen MR) is 123 cm³/mol. The van der Waals surface area contributed by atoms with Crippen molar-refractivity contribution in [3.05, 3.63) is 59.2 Å². The number of aromatic hydroxyl groups is 1. The third-order valence-electron chi connectivity index (χ3n) is 5.99. The molecule has 4 nitrogen and oxygen atoms in total. The standard InChI is InChI=1S/C25H29ClN2O2/c1-24(2)14-16(15-25(3,4)27-24)12-23(30)17-8-9-21(19(26)13-17)28-11-10-18-20(28)6-5-7-22(18)29/h5-11,13,16,27,29H,12,14-15H2,1-4H3. The van der Waals surface area contributed by atoms with Crippen molar-refractivity contribution in [2.75, 3.05) is 0 Å². The number of hydrogen-bond donors (Lipinski definition) is 2. The number of phenols is 1. The molecule has 0 radical (unpaired) electrons. The van der Waals surface area contributed by atoms with Gasteiger partial charge in [0.2, 0.25) is 0 Å². The Morgan fingerprint density at radius 3 is 2.50 bits per heavy atom. The Hall–Kier alpha value is -2.30. The molecule has 4 rings (SSSR count). The summed E-state index contributed by atoms with van der Waals surface area (Å²) < 4.78 is 1.93. The van der Waals surface area contributed by atoms with Crippen LogP contribution in [0.25, 0.3) is 16.6 Å². The highest BCUT2D eigenvalue weighted by molar-refractivity contribution is 6.33. The third kappa shape index (κ3) is 4.12. The fraction of sp³-hybridized carbons (Fsp3) is 0.400. The van der Waals surface area contributed by atoms with Crippen LogP contribution in [-0.4, -0.2) is 26.5 Å². The maximum atomic E-state index is 13.0. The van der Waals surface area contributed by atoms with Crippen LogP contribution in [0, 0.1) is 5.92 Å². The zero-order valence-corrected chi connectivity index (χ0v) is 18.8. The third-order valence-corrected chi connectivity index (χ3v) is 6.29. The van der Waals surface area contributed by atoms with Crippen LogP contribution in [0.1, 0.15) is 57.3 Å². The SMILES string of the molecule is CC1(C)CC(CC(=O)c2ccc(-n3ccc4c(O)cccc43)c(Cl)c2)CC(C)(C)N1. The first kappa shape index (κ1) is 21.0. The summed E-state index contributed by atoms with van der Waals surface area (Å²) in [5, 5.41) is 15.0. The fourth-order valence-corrected chi connectivity index (χ4v) is 5.57. The second-order valence-corrected chi connectivity index (χ2v) is 10.3. The Balaban J connectivity index is 1.57. The Labute approximate surface area is 182 Å². The molecule has 30 heavy (non-hydrogen) atoms. The van der Waals surface area contributed by atoms with Gasteiger partial charge in [0.25, 0.3) is 0 Å². The normalized spacial score (nSPS) is 18.6. The maximum Gasteiger partial charge on any atom is 0.163 e. The van der Waals surface area contributed by atoms with Crippen LogP contribution < -0.4 is 5.32 Å². The van der Waals surface area contributed by atoms with E-state index in [0.717, 1.165) is 29.4 Å². The van der Waals surface area contributed by atoms with Gasteiger partial charge in [0.1, 0.15) is 5.75 Å². The average molecular weight is 425 g/mol.